The van der Waals surface area contributed by atoms with Gasteiger partial charge < -0.3 is 19.9 Å². The summed E-state index contributed by atoms with van der Waals surface area (Å²) in [6.45, 7) is 3.27. The van der Waals surface area contributed by atoms with Gasteiger partial charge in [0, 0.05) is 13.2 Å². The number of amides is 1. The summed E-state index contributed by atoms with van der Waals surface area (Å²) in [5.74, 6) is -2.10. The van der Waals surface area contributed by atoms with Crippen molar-refractivity contribution in [2.45, 2.75) is 31.3 Å². The number of benzene rings is 1. The van der Waals surface area contributed by atoms with Crippen molar-refractivity contribution in [3.05, 3.63) is 23.3 Å². The standard InChI is InChI=1S/C17H24F3NO6S/c1-12-11-15(13(2)10-14(12)22)28(24,25)9-3-5-26-7-8-27-6-4-21-16(23)17(18,19)20/h10-11,22H,3-9H2,1-2H3,(H,21,23). The van der Waals surface area contributed by atoms with Crippen LogP contribution in [0, 0.1) is 13.8 Å². The topological polar surface area (TPSA) is 102 Å². The number of aryl methyl sites for hydroxylation is 2. The monoisotopic (exact) mass is 427 g/mol. The van der Waals surface area contributed by atoms with Crippen LogP contribution in [-0.2, 0) is 24.1 Å². The van der Waals surface area contributed by atoms with E-state index in [2.05, 4.69) is 0 Å². The first-order chi connectivity index (χ1) is 12.9. The third-order valence-corrected chi connectivity index (χ3v) is 5.63. The number of phenols is 1. The van der Waals surface area contributed by atoms with Crippen molar-refractivity contribution in [3.8, 4) is 5.75 Å². The molecule has 11 heteroatoms. The van der Waals surface area contributed by atoms with E-state index in [1.165, 1.54) is 12.1 Å². The number of sulfone groups is 1. The fourth-order valence-corrected chi connectivity index (χ4v) is 3.85. The molecule has 0 unspecified atom stereocenters. The summed E-state index contributed by atoms with van der Waals surface area (Å²) in [5, 5.41) is 11.3. The molecule has 1 aromatic rings. The minimum atomic E-state index is -4.92. The number of phenolic OH excluding ortho intramolecular Hbond substituents is 1. The van der Waals surface area contributed by atoms with Gasteiger partial charge in [0.25, 0.3) is 0 Å². The molecular formula is C17H24F3NO6S. The van der Waals surface area contributed by atoms with E-state index in [4.69, 9.17) is 9.47 Å². The number of aromatic hydroxyl groups is 1. The van der Waals surface area contributed by atoms with Crippen molar-refractivity contribution in [3.63, 3.8) is 0 Å². The lowest BCUT2D eigenvalue weighted by Crippen LogP contribution is -2.38. The molecule has 0 atom stereocenters. The molecule has 0 aliphatic carbocycles. The van der Waals surface area contributed by atoms with Crippen molar-refractivity contribution >= 4 is 15.7 Å². The van der Waals surface area contributed by atoms with E-state index < -0.39 is 21.9 Å². The quantitative estimate of drug-likeness (QED) is 0.523. The molecule has 1 aromatic carbocycles. The Bertz CT molecular complexity index is 765. The van der Waals surface area contributed by atoms with Crippen LogP contribution in [0.2, 0.25) is 0 Å². The van der Waals surface area contributed by atoms with Gasteiger partial charge in [-0.25, -0.2) is 8.42 Å². The van der Waals surface area contributed by atoms with Gasteiger partial charge in [0.1, 0.15) is 5.75 Å². The molecule has 0 aromatic heterocycles. The van der Waals surface area contributed by atoms with Gasteiger partial charge in [-0.2, -0.15) is 13.2 Å². The highest BCUT2D eigenvalue weighted by molar-refractivity contribution is 7.91. The molecule has 0 fully saturated rings. The van der Waals surface area contributed by atoms with Crippen molar-refractivity contribution < 1.29 is 41.0 Å². The van der Waals surface area contributed by atoms with E-state index in [-0.39, 0.29) is 55.8 Å². The summed E-state index contributed by atoms with van der Waals surface area (Å²) in [6.07, 6.45) is -4.66. The van der Waals surface area contributed by atoms with Gasteiger partial charge in [-0.3, -0.25) is 4.79 Å². The van der Waals surface area contributed by atoms with Crippen LogP contribution in [0.1, 0.15) is 17.5 Å². The molecule has 0 heterocycles. The third-order valence-electron chi connectivity index (χ3n) is 3.69. The normalized spacial score (nSPS) is 12.2. The van der Waals surface area contributed by atoms with Crippen LogP contribution < -0.4 is 5.32 Å². The van der Waals surface area contributed by atoms with E-state index in [9.17, 15) is 31.5 Å². The Hall–Kier alpha value is -1.85. The lowest BCUT2D eigenvalue weighted by atomic mass is 10.1. The van der Waals surface area contributed by atoms with E-state index in [1.807, 2.05) is 0 Å². The summed E-state index contributed by atoms with van der Waals surface area (Å²) in [7, 11) is -3.51. The Morgan fingerprint density at radius 3 is 2.29 bits per heavy atom. The molecule has 0 spiro atoms. The summed E-state index contributed by atoms with van der Waals surface area (Å²) in [6, 6.07) is 2.85. The maximum Gasteiger partial charge on any atom is 0.471 e. The van der Waals surface area contributed by atoms with Crippen molar-refractivity contribution in [1.82, 2.24) is 5.32 Å². The number of carbonyl (C=O) groups excluding carboxylic acids is 1. The highest BCUT2D eigenvalue weighted by atomic mass is 32.2. The van der Waals surface area contributed by atoms with Crippen molar-refractivity contribution in [2.75, 3.05) is 38.7 Å². The first-order valence-corrected chi connectivity index (χ1v) is 10.1. The largest absolute Gasteiger partial charge is 0.508 e. The SMILES string of the molecule is Cc1cc(S(=O)(=O)CCCOCCOCCNC(=O)C(F)(F)F)c(C)cc1O. The highest BCUT2D eigenvalue weighted by Gasteiger charge is 2.38. The molecule has 0 radical (unpaired) electrons. The smallest absolute Gasteiger partial charge is 0.471 e. The number of alkyl halides is 3. The molecule has 1 amide bonds. The number of halogens is 3. The summed E-state index contributed by atoms with van der Waals surface area (Å²) in [4.78, 5) is 10.7. The molecule has 7 nitrogen and oxygen atoms in total. The van der Waals surface area contributed by atoms with Crippen LogP contribution in [0.4, 0.5) is 13.2 Å². The number of ether oxygens (including phenoxy) is 2. The van der Waals surface area contributed by atoms with Gasteiger partial charge >= 0.3 is 12.1 Å². The number of nitrogens with one attached hydrogen (secondary N) is 1. The summed E-state index contributed by atoms with van der Waals surface area (Å²) in [5.41, 5.74) is 0.944. The second-order valence-corrected chi connectivity index (χ2v) is 8.13. The Kier molecular flexibility index (Phi) is 9.18. The molecule has 28 heavy (non-hydrogen) atoms. The van der Waals surface area contributed by atoms with Gasteiger partial charge in [0.15, 0.2) is 9.84 Å². The van der Waals surface area contributed by atoms with Crippen molar-refractivity contribution in [1.29, 1.82) is 0 Å². The van der Waals surface area contributed by atoms with Gasteiger partial charge in [-0.15, -0.1) is 0 Å². The summed E-state index contributed by atoms with van der Waals surface area (Å²) < 4.78 is 70.7. The molecule has 0 aliphatic rings. The number of hydrogen-bond donors (Lipinski definition) is 2. The van der Waals surface area contributed by atoms with Gasteiger partial charge in [-0.05, 0) is 43.5 Å². The van der Waals surface area contributed by atoms with Gasteiger partial charge in [0.05, 0.1) is 30.5 Å². The Morgan fingerprint density at radius 1 is 1.07 bits per heavy atom. The van der Waals surface area contributed by atoms with Gasteiger partial charge in [-0.1, -0.05) is 0 Å². The average Bonchev–Trinajstić information content (AvgIpc) is 2.58. The van der Waals surface area contributed by atoms with Crippen LogP contribution in [0.3, 0.4) is 0 Å². The van der Waals surface area contributed by atoms with E-state index in [0.29, 0.717) is 11.1 Å². The zero-order valence-corrected chi connectivity index (χ0v) is 16.5. The van der Waals surface area contributed by atoms with Crippen LogP contribution >= 0.6 is 0 Å². The molecule has 0 bridgehead atoms. The lowest BCUT2D eigenvalue weighted by molar-refractivity contribution is -0.173. The lowest BCUT2D eigenvalue weighted by Gasteiger charge is -2.11. The average molecular weight is 427 g/mol. The predicted molar refractivity (Wildman–Crippen MR) is 95.0 cm³/mol. The van der Waals surface area contributed by atoms with Crippen LogP contribution in [0.15, 0.2) is 17.0 Å². The maximum absolute atomic E-state index is 12.4. The van der Waals surface area contributed by atoms with Crippen molar-refractivity contribution in [2.24, 2.45) is 0 Å². The molecule has 0 saturated carbocycles. The van der Waals surface area contributed by atoms with E-state index >= 15 is 0 Å². The summed E-state index contributed by atoms with van der Waals surface area (Å²) >= 11 is 0. The molecule has 0 saturated heterocycles. The fourth-order valence-electron chi connectivity index (χ4n) is 2.23. The predicted octanol–water partition coefficient (Wildman–Crippen LogP) is 1.88. The maximum atomic E-state index is 12.4. The molecular weight excluding hydrogens is 403 g/mol. The zero-order chi connectivity index (χ0) is 21.4. The Balaban J connectivity index is 2.19. The number of carbonyl (C=O) groups is 1. The number of hydrogen-bond acceptors (Lipinski definition) is 6. The third kappa shape index (κ3) is 8.03. The first kappa shape index (κ1) is 24.2. The molecule has 160 valence electrons. The molecule has 1 rings (SSSR count). The second kappa shape index (κ2) is 10.6. The molecule has 0 aliphatic heterocycles. The number of rotatable bonds is 11. The fraction of sp³-hybridized carbons (Fsp3) is 0.588. The minimum Gasteiger partial charge on any atom is -0.508 e. The van der Waals surface area contributed by atoms with Crippen LogP contribution in [0.25, 0.3) is 0 Å². The van der Waals surface area contributed by atoms with E-state index in [1.54, 1.807) is 19.2 Å². The minimum absolute atomic E-state index is 0.0396. The second-order valence-electron chi connectivity index (χ2n) is 6.06. The van der Waals surface area contributed by atoms with Crippen LogP contribution in [0.5, 0.6) is 5.75 Å². The Labute approximate surface area is 161 Å². The van der Waals surface area contributed by atoms with E-state index in [0.717, 1.165) is 0 Å². The Morgan fingerprint density at radius 2 is 1.68 bits per heavy atom. The molecule has 2 N–H and O–H groups in total. The van der Waals surface area contributed by atoms with Gasteiger partial charge in [0.2, 0.25) is 0 Å². The zero-order valence-electron chi connectivity index (χ0n) is 15.6. The highest BCUT2D eigenvalue weighted by Crippen LogP contribution is 2.25. The van der Waals surface area contributed by atoms with Crippen LogP contribution in [-0.4, -0.2) is 64.3 Å². The first-order valence-electron chi connectivity index (χ1n) is 8.48.